The lowest BCUT2D eigenvalue weighted by Gasteiger charge is -2.31. The van der Waals surface area contributed by atoms with Gasteiger partial charge in [-0.3, -0.25) is 9.48 Å². The summed E-state index contributed by atoms with van der Waals surface area (Å²) in [5.74, 6) is 1.56. The largest absolute Gasteiger partial charge is 0.369 e. The molecule has 4 heterocycles. The summed E-state index contributed by atoms with van der Waals surface area (Å²) < 4.78 is 2.92. The van der Waals surface area contributed by atoms with Crippen LogP contribution in [0.2, 0.25) is 0 Å². The Balaban J connectivity index is 1.32. The minimum atomic E-state index is 0.280. The second kappa shape index (κ2) is 11.3. The van der Waals surface area contributed by atoms with Gasteiger partial charge in [0.05, 0.1) is 21.9 Å². The molecule has 0 aliphatic carbocycles. The van der Waals surface area contributed by atoms with Gasteiger partial charge in [0.2, 0.25) is 11.9 Å². The molecule has 2 saturated heterocycles. The third kappa shape index (κ3) is 6.23. The molecule has 2 aromatic rings. The number of aromatic nitrogens is 4. The molecule has 2 aromatic heterocycles. The van der Waals surface area contributed by atoms with Crippen LogP contribution in [0.15, 0.2) is 16.9 Å². The number of rotatable bonds is 9. The summed E-state index contributed by atoms with van der Waals surface area (Å²) in [6.07, 6.45) is 9.79. The number of nitrogens with zero attached hydrogens (tertiary/aromatic N) is 6. The standard InChI is InChI=1S/C23H35BrN8O/c1-3-30-13-8-18(9-14-30)32-16-20(17(2)29-32)27-23-26-15-19(24)22(28-23)25-10-6-12-31-11-5-4-7-21(31)33/h15-16,18H,3-14H2,1-2H3,(H2,25,26,27,28). The maximum absolute atomic E-state index is 11.9. The Morgan fingerprint density at radius 2 is 2.03 bits per heavy atom. The number of piperidine rings is 2. The number of amides is 1. The van der Waals surface area contributed by atoms with E-state index >= 15 is 0 Å². The van der Waals surface area contributed by atoms with Gasteiger partial charge in [0.25, 0.3) is 0 Å². The van der Waals surface area contributed by atoms with E-state index in [2.05, 4.69) is 59.2 Å². The van der Waals surface area contributed by atoms with E-state index in [-0.39, 0.29) is 5.91 Å². The molecule has 4 rings (SSSR count). The Morgan fingerprint density at radius 3 is 2.79 bits per heavy atom. The van der Waals surface area contributed by atoms with Crippen molar-refractivity contribution in [3.63, 3.8) is 0 Å². The normalized spacial score (nSPS) is 18.0. The van der Waals surface area contributed by atoms with E-state index in [0.717, 1.165) is 93.0 Å². The minimum Gasteiger partial charge on any atom is -0.369 e. The lowest BCUT2D eigenvalue weighted by Crippen LogP contribution is -2.36. The molecule has 10 heteroatoms. The van der Waals surface area contributed by atoms with Gasteiger partial charge >= 0.3 is 0 Å². The highest BCUT2D eigenvalue weighted by Gasteiger charge is 2.21. The average molecular weight is 519 g/mol. The molecule has 9 nitrogen and oxygen atoms in total. The lowest BCUT2D eigenvalue weighted by molar-refractivity contribution is -0.133. The molecule has 180 valence electrons. The average Bonchev–Trinajstić information content (AvgIpc) is 3.19. The van der Waals surface area contributed by atoms with Crippen molar-refractivity contribution in [2.45, 2.75) is 58.4 Å². The highest BCUT2D eigenvalue weighted by molar-refractivity contribution is 9.10. The number of aryl methyl sites for hydroxylation is 1. The SMILES string of the molecule is CCN1CCC(n2cc(Nc3ncc(Br)c(NCCCN4CCCCC4=O)n3)c(C)n2)CC1. The molecule has 0 spiro atoms. The molecule has 0 unspecified atom stereocenters. The smallest absolute Gasteiger partial charge is 0.229 e. The van der Waals surface area contributed by atoms with Gasteiger partial charge in [-0.1, -0.05) is 6.92 Å². The predicted octanol–water partition coefficient (Wildman–Crippen LogP) is 3.96. The predicted molar refractivity (Wildman–Crippen MR) is 134 cm³/mol. The summed E-state index contributed by atoms with van der Waals surface area (Å²) in [4.78, 5) is 25.5. The van der Waals surface area contributed by atoms with Crippen LogP contribution in [0, 0.1) is 6.92 Å². The highest BCUT2D eigenvalue weighted by atomic mass is 79.9. The number of hydrogen-bond acceptors (Lipinski definition) is 7. The Hall–Kier alpha value is -2.20. The van der Waals surface area contributed by atoms with E-state index in [1.807, 2.05) is 11.8 Å². The number of halogens is 1. The van der Waals surface area contributed by atoms with E-state index in [1.165, 1.54) is 0 Å². The van der Waals surface area contributed by atoms with E-state index in [0.29, 0.717) is 18.4 Å². The van der Waals surface area contributed by atoms with Gasteiger partial charge in [-0.25, -0.2) is 4.98 Å². The fourth-order valence-corrected chi connectivity index (χ4v) is 4.87. The van der Waals surface area contributed by atoms with Crippen LogP contribution in [0.25, 0.3) is 0 Å². The number of carbonyl (C=O) groups excluding carboxylic acids is 1. The molecule has 1 amide bonds. The number of hydrogen-bond donors (Lipinski definition) is 2. The van der Waals surface area contributed by atoms with Gasteiger partial charge in [-0.2, -0.15) is 10.1 Å². The second-order valence-corrected chi connectivity index (χ2v) is 9.76. The van der Waals surface area contributed by atoms with Gasteiger partial charge in [0.15, 0.2) is 0 Å². The van der Waals surface area contributed by atoms with Crippen LogP contribution < -0.4 is 10.6 Å². The number of nitrogens with one attached hydrogen (secondary N) is 2. The van der Waals surface area contributed by atoms with Crippen molar-refractivity contribution in [2.75, 3.05) is 49.9 Å². The van der Waals surface area contributed by atoms with Crippen LogP contribution >= 0.6 is 15.9 Å². The maximum Gasteiger partial charge on any atom is 0.229 e. The third-order valence-corrected chi connectivity index (χ3v) is 7.18. The summed E-state index contributed by atoms with van der Waals surface area (Å²) in [6.45, 7) is 10.0. The third-order valence-electron chi connectivity index (χ3n) is 6.60. The number of likely N-dealkylation sites (tertiary alicyclic amines) is 2. The second-order valence-electron chi connectivity index (χ2n) is 8.91. The zero-order valence-corrected chi connectivity index (χ0v) is 21.3. The molecule has 33 heavy (non-hydrogen) atoms. The van der Waals surface area contributed by atoms with Gasteiger partial charge in [-0.15, -0.1) is 0 Å². The fourth-order valence-electron chi connectivity index (χ4n) is 4.54. The van der Waals surface area contributed by atoms with Crippen molar-refractivity contribution in [2.24, 2.45) is 0 Å². The van der Waals surface area contributed by atoms with Crippen molar-refractivity contribution < 1.29 is 4.79 Å². The Labute approximate surface area is 204 Å². The maximum atomic E-state index is 11.9. The van der Waals surface area contributed by atoms with E-state index in [4.69, 9.17) is 5.10 Å². The number of anilines is 3. The quantitative estimate of drug-likeness (QED) is 0.485. The van der Waals surface area contributed by atoms with Crippen molar-refractivity contribution in [1.29, 1.82) is 0 Å². The molecule has 0 radical (unpaired) electrons. The first-order chi connectivity index (χ1) is 16.0. The molecule has 2 aliphatic rings. The molecular weight excluding hydrogens is 484 g/mol. The Bertz CT molecular complexity index is 941. The van der Waals surface area contributed by atoms with Crippen molar-refractivity contribution >= 4 is 39.3 Å². The van der Waals surface area contributed by atoms with Crippen LogP contribution in [-0.4, -0.2) is 74.7 Å². The fraction of sp³-hybridized carbons (Fsp3) is 0.652. The topological polar surface area (TPSA) is 91.2 Å². The molecular formula is C23H35BrN8O. The summed E-state index contributed by atoms with van der Waals surface area (Å²) in [6, 6.07) is 0.442. The number of carbonyl (C=O) groups is 1. The van der Waals surface area contributed by atoms with Crippen LogP contribution in [0.3, 0.4) is 0 Å². The zero-order valence-electron chi connectivity index (χ0n) is 19.7. The van der Waals surface area contributed by atoms with Crippen LogP contribution in [0.5, 0.6) is 0 Å². The Kier molecular flexibility index (Phi) is 8.19. The van der Waals surface area contributed by atoms with Gasteiger partial charge in [0, 0.05) is 51.5 Å². The van der Waals surface area contributed by atoms with E-state index in [1.54, 1.807) is 6.20 Å². The first-order valence-electron chi connectivity index (χ1n) is 12.1. The minimum absolute atomic E-state index is 0.280. The van der Waals surface area contributed by atoms with Crippen molar-refractivity contribution in [3.05, 3.63) is 22.6 Å². The molecule has 0 bridgehead atoms. The van der Waals surface area contributed by atoms with Crippen LogP contribution in [0.4, 0.5) is 17.5 Å². The van der Waals surface area contributed by atoms with Gasteiger partial charge < -0.3 is 20.4 Å². The molecule has 2 fully saturated rings. The van der Waals surface area contributed by atoms with Gasteiger partial charge in [0.1, 0.15) is 5.82 Å². The lowest BCUT2D eigenvalue weighted by atomic mass is 10.1. The summed E-state index contributed by atoms with van der Waals surface area (Å²) in [5.41, 5.74) is 1.88. The van der Waals surface area contributed by atoms with Crippen molar-refractivity contribution in [1.82, 2.24) is 29.5 Å². The molecule has 0 saturated carbocycles. The highest BCUT2D eigenvalue weighted by Crippen LogP contribution is 2.27. The molecule has 2 aliphatic heterocycles. The molecule has 0 aromatic carbocycles. The monoisotopic (exact) mass is 518 g/mol. The molecule has 0 atom stereocenters. The first kappa shape index (κ1) is 23.9. The van der Waals surface area contributed by atoms with Crippen LogP contribution in [0.1, 0.15) is 57.2 Å². The van der Waals surface area contributed by atoms with Gasteiger partial charge in [-0.05, 0) is 61.5 Å². The molecule has 2 N–H and O–H groups in total. The van der Waals surface area contributed by atoms with E-state index < -0.39 is 0 Å². The van der Waals surface area contributed by atoms with Crippen LogP contribution in [-0.2, 0) is 4.79 Å². The Morgan fingerprint density at radius 1 is 1.21 bits per heavy atom. The zero-order chi connectivity index (χ0) is 23.2. The summed E-state index contributed by atoms with van der Waals surface area (Å²) >= 11 is 3.54. The summed E-state index contributed by atoms with van der Waals surface area (Å²) in [5, 5.41) is 11.5. The summed E-state index contributed by atoms with van der Waals surface area (Å²) in [7, 11) is 0. The van der Waals surface area contributed by atoms with E-state index in [9.17, 15) is 4.79 Å². The first-order valence-corrected chi connectivity index (χ1v) is 12.9. The van der Waals surface area contributed by atoms with Crippen molar-refractivity contribution in [3.8, 4) is 0 Å².